The summed E-state index contributed by atoms with van der Waals surface area (Å²) >= 11 is 0. The van der Waals surface area contributed by atoms with Crippen molar-refractivity contribution in [2.45, 2.75) is 58.4 Å². The van der Waals surface area contributed by atoms with Gasteiger partial charge in [-0.05, 0) is 26.2 Å². The van der Waals surface area contributed by atoms with E-state index in [-0.39, 0.29) is 11.8 Å². The molecular weight excluding hydrogens is 266 g/mol. The monoisotopic (exact) mass is 291 g/mol. The summed E-state index contributed by atoms with van der Waals surface area (Å²) in [5.41, 5.74) is 6.78. The molecule has 1 heterocycles. The molecule has 1 aliphatic carbocycles. The molecule has 6 nitrogen and oxygen atoms in total. The highest BCUT2D eigenvalue weighted by molar-refractivity contribution is 5.76. The third-order valence-corrected chi connectivity index (χ3v) is 3.53. The van der Waals surface area contributed by atoms with Crippen molar-refractivity contribution in [2.24, 2.45) is 0 Å². The van der Waals surface area contributed by atoms with E-state index < -0.39 is 0 Å². The Labute approximate surface area is 125 Å². The maximum Gasteiger partial charge on any atom is 0.220 e. The maximum atomic E-state index is 11.6. The van der Waals surface area contributed by atoms with Gasteiger partial charge in [-0.3, -0.25) is 4.79 Å². The molecular formula is C15H25N5O. The Balaban J connectivity index is 1.82. The van der Waals surface area contributed by atoms with Crippen LogP contribution in [0, 0.1) is 6.92 Å². The van der Waals surface area contributed by atoms with Gasteiger partial charge < -0.3 is 16.4 Å². The lowest BCUT2D eigenvalue weighted by atomic mass is 10.2. The van der Waals surface area contributed by atoms with Crippen molar-refractivity contribution in [3.8, 4) is 0 Å². The van der Waals surface area contributed by atoms with E-state index in [2.05, 4.69) is 20.6 Å². The van der Waals surface area contributed by atoms with Crippen LogP contribution in [0.4, 0.5) is 11.6 Å². The van der Waals surface area contributed by atoms with Crippen LogP contribution in [0.25, 0.3) is 0 Å². The first-order chi connectivity index (χ1) is 9.97. The molecule has 2 rings (SSSR count). The number of nitrogens with one attached hydrogen (secondary N) is 2. The fourth-order valence-electron chi connectivity index (χ4n) is 1.97. The summed E-state index contributed by atoms with van der Waals surface area (Å²) in [6.07, 6.45) is 3.57. The second-order valence-electron chi connectivity index (χ2n) is 5.97. The minimum atomic E-state index is 0.140. The second kappa shape index (κ2) is 6.74. The molecule has 0 aliphatic heterocycles. The number of aromatic nitrogens is 2. The summed E-state index contributed by atoms with van der Waals surface area (Å²) in [6, 6.07) is 0.433. The van der Waals surface area contributed by atoms with Crippen molar-refractivity contribution in [3.63, 3.8) is 0 Å². The number of nitrogen functional groups attached to an aromatic ring is 1. The van der Waals surface area contributed by atoms with E-state index in [1.54, 1.807) is 0 Å². The highest BCUT2D eigenvalue weighted by Gasteiger charge is 2.22. The standard InChI is InChI=1S/C15H25N5O/c1-9(2)14-19-13(16)10(3)15(20-14)17-8-4-5-12(21)18-11-6-7-11/h9,11H,4-8H2,1-3H3,(H,18,21)(H3,16,17,19,20). The molecule has 1 aromatic rings. The van der Waals surface area contributed by atoms with Crippen molar-refractivity contribution in [2.75, 3.05) is 17.6 Å². The van der Waals surface area contributed by atoms with Gasteiger partial charge in [0.25, 0.3) is 0 Å². The third kappa shape index (κ3) is 4.58. The minimum absolute atomic E-state index is 0.140. The molecule has 1 aliphatic rings. The normalized spacial score (nSPS) is 14.3. The smallest absolute Gasteiger partial charge is 0.220 e. The zero-order valence-corrected chi connectivity index (χ0v) is 13.1. The number of amides is 1. The van der Waals surface area contributed by atoms with Gasteiger partial charge in [0, 0.05) is 30.5 Å². The number of hydrogen-bond donors (Lipinski definition) is 3. The van der Waals surface area contributed by atoms with E-state index >= 15 is 0 Å². The Hall–Kier alpha value is -1.85. The fraction of sp³-hybridized carbons (Fsp3) is 0.667. The quantitative estimate of drug-likeness (QED) is 0.668. The lowest BCUT2D eigenvalue weighted by Gasteiger charge is -2.13. The highest BCUT2D eigenvalue weighted by Crippen LogP contribution is 2.21. The first kappa shape index (κ1) is 15.5. The summed E-state index contributed by atoms with van der Waals surface area (Å²) in [5, 5.41) is 6.25. The topological polar surface area (TPSA) is 92.9 Å². The average Bonchev–Trinajstić information content (AvgIpc) is 3.22. The highest BCUT2D eigenvalue weighted by atomic mass is 16.1. The first-order valence-corrected chi connectivity index (χ1v) is 7.64. The van der Waals surface area contributed by atoms with Gasteiger partial charge in [-0.2, -0.15) is 0 Å². The van der Waals surface area contributed by atoms with Crippen molar-refractivity contribution >= 4 is 17.5 Å². The number of nitrogens with zero attached hydrogens (tertiary/aromatic N) is 2. The van der Waals surface area contributed by atoms with Crippen molar-refractivity contribution in [3.05, 3.63) is 11.4 Å². The van der Waals surface area contributed by atoms with Gasteiger partial charge in [-0.1, -0.05) is 13.8 Å². The molecule has 0 saturated heterocycles. The Bertz CT molecular complexity index is 511. The van der Waals surface area contributed by atoms with Crippen LogP contribution >= 0.6 is 0 Å². The molecule has 1 saturated carbocycles. The molecule has 0 bridgehead atoms. The Kier molecular flexibility index (Phi) is 4.98. The molecule has 1 amide bonds. The number of rotatable bonds is 7. The van der Waals surface area contributed by atoms with E-state index in [4.69, 9.17) is 5.73 Å². The van der Waals surface area contributed by atoms with E-state index in [1.807, 2.05) is 20.8 Å². The van der Waals surface area contributed by atoms with Crippen LogP contribution in [-0.2, 0) is 4.79 Å². The van der Waals surface area contributed by atoms with Gasteiger partial charge in [0.1, 0.15) is 17.5 Å². The number of hydrogen-bond acceptors (Lipinski definition) is 5. The van der Waals surface area contributed by atoms with Crippen LogP contribution in [0.2, 0.25) is 0 Å². The molecule has 1 fully saturated rings. The molecule has 0 radical (unpaired) electrons. The van der Waals surface area contributed by atoms with Gasteiger partial charge in [-0.25, -0.2) is 9.97 Å². The molecule has 0 spiro atoms. The van der Waals surface area contributed by atoms with Crippen LogP contribution in [0.15, 0.2) is 0 Å². The maximum absolute atomic E-state index is 11.6. The molecule has 0 aromatic carbocycles. The van der Waals surface area contributed by atoms with Crippen LogP contribution in [0.1, 0.15) is 56.8 Å². The fourth-order valence-corrected chi connectivity index (χ4v) is 1.97. The van der Waals surface area contributed by atoms with Gasteiger partial charge >= 0.3 is 0 Å². The number of nitrogens with two attached hydrogens (primary N) is 1. The summed E-state index contributed by atoms with van der Waals surface area (Å²) in [6.45, 7) is 6.68. The van der Waals surface area contributed by atoms with Crippen LogP contribution < -0.4 is 16.4 Å². The number of carbonyl (C=O) groups excluding carboxylic acids is 1. The lowest BCUT2D eigenvalue weighted by molar-refractivity contribution is -0.121. The van der Waals surface area contributed by atoms with E-state index in [9.17, 15) is 4.79 Å². The summed E-state index contributed by atoms with van der Waals surface area (Å²) < 4.78 is 0. The van der Waals surface area contributed by atoms with Crippen molar-refractivity contribution in [1.82, 2.24) is 15.3 Å². The molecule has 21 heavy (non-hydrogen) atoms. The third-order valence-electron chi connectivity index (χ3n) is 3.53. The Morgan fingerprint density at radius 1 is 1.38 bits per heavy atom. The van der Waals surface area contributed by atoms with Crippen LogP contribution in [0.5, 0.6) is 0 Å². The zero-order valence-electron chi connectivity index (χ0n) is 13.1. The van der Waals surface area contributed by atoms with E-state index in [0.29, 0.717) is 24.8 Å². The van der Waals surface area contributed by atoms with E-state index in [1.165, 1.54) is 0 Å². The van der Waals surface area contributed by atoms with Crippen LogP contribution in [-0.4, -0.2) is 28.5 Å². The van der Waals surface area contributed by atoms with Crippen molar-refractivity contribution in [1.29, 1.82) is 0 Å². The molecule has 0 unspecified atom stereocenters. The van der Waals surface area contributed by atoms with Gasteiger partial charge in [0.05, 0.1) is 0 Å². The molecule has 116 valence electrons. The minimum Gasteiger partial charge on any atom is -0.383 e. The Morgan fingerprint density at radius 2 is 2.10 bits per heavy atom. The SMILES string of the molecule is Cc1c(N)nc(C(C)C)nc1NCCCC(=O)NC1CC1. The molecule has 6 heteroatoms. The second-order valence-corrected chi connectivity index (χ2v) is 5.97. The summed E-state index contributed by atoms with van der Waals surface area (Å²) in [4.78, 5) is 20.4. The molecule has 4 N–H and O–H groups in total. The Morgan fingerprint density at radius 3 is 2.71 bits per heavy atom. The predicted octanol–water partition coefficient (Wildman–Crippen LogP) is 1.96. The average molecular weight is 291 g/mol. The van der Waals surface area contributed by atoms with E-state index in [0.717, 1.165) is 36.5 Å². The molecule has 0 atom stereocenters. The predicted molar refractivity (Wildman–Crippen MR) is 84.2 cm³/mol. The number of anilines is 2. The summed E-state index contributed by atoms with van der Waals surface area (Å²) in [7, 11) is 0. The summed E-state index contributed by atoms with van der Waals surface area (Å²) in [5.74, 6) is 2.41. The number of carbonyl (C=O) groups is 1. The largest absolute Gasteiger partial charge is 0.383 e. The van der Waals surface area contributed by atoms with Gasteiger partial charge in [0.15, 0.2) is 0 Å². The molecule has 1 aromatic heterocycles. The zero-order chi connectivity index (χ0) is 15.4. The van der Waals surface area contributed by atoms with Crippen molar-refractivity contribution < 1.29 is 4.79 Å². The van der Waals surface area contributed by atoms with Gasteiger partial charge in [0.2, 0.25) is 5.91 Å². The van der Waals surface area contributed by atoms with Gasteiger partial charge in [-0.15, -0.1) is 0 Å². The lowest BCUT2D eigenvalue weighted by Crippen LogP contribution is -2.25. The first-order valence-electron chi connectivity index (χ1n) is 7.64. The van der Waals surface area contributed by atoms with Crippen LogP contribution in [0.3, 0.4) is 0 Å².